The third-order valence-electron chi connectivity index (χ3n) is 6.45. The van der Waals surface area contributed by atoms with Crippen LogP contribution in [0.15, 0.2) is 71.6 Å². The van der Waals surface area contributed by atoms with Gasteiger partial charge in [0.1, 0.15) is 17.1 Å². The molecule has 0 aliphatic carbocycles. The van der Waals surface area contributed by atoms with Gasteiger partial charge in [0.25, 0.3) is 0 Å². The summed E-state index contributed by atoms with van der Waals surface area (Å²) in [4.78, 5) is 12.9. The number of ether oxygens (including phenoxy) is 2. The molecule has 1 aliphatic heterocycles. The Morgan fingerprint density at radius 1 is 0.889 bits per heavy atom. The summed E-state index contributed by atoms with van der Waals surface area (Å²) in [6.07, 6.45) is 1.89. The van der Waals surface area contributed by atoms with Crippen LogP contribution in [0.4, 0.5) is 0 Å². The molecule has 1 heterocycles. The molecule has 8 heteroatoms. The Morgan fingerprint density at radius 3 is 2.03 bits per heavy atom. The zero-order valence-electron chi connectivity index (χ0n) is 20.0. The molecule has 0 N–H and O–H groups in total. The lowest BCUT2D eigenvalue weighted by Crippen LogP contribution is -2.39. The van der Waals surface area contributed by atoms with Crippen LogP contribution in [-0.4, -0.2) is 33.2 Å². The maximum absolute atomic E-state index is 12.6. The lowest BCUT2D eigenvalue weighted by molar-refractivity contribution is -0.117. The molecule has 0 spiro atoms. The van der Waals surface area contributed by atoms with Crippen LogP contribution in [0.2, 0.25) is 10.0 Å². The fraction of sp³-hybridized carbons (Fsp3) is 0.321. The third kappa shape index (κ3) is 6.30. The number of hydrogen-bond donors (Lipinski definition) is 0. The van der Waals surface area contributed by atoms with Crippen molar-refractivity contribution in [3.05, 3.63) is 93.5 Å². The van der Waals surface area contributed by atoms with E-state index in [1.54, 1.807) is 37.3 Å². The van der Waals surface area contributed by atoms with Gasteiger partial charge in [-0.3, -0.25) is 4.79 Å². The summed E-state index contributed by atoms with van der Waals surface area (Å²) < 4.78 is 36.0. The van der Waals surface area contributed by atoms with Crippen molar-refractivity contribution in [3.8, 4) is 5.75 Å². The first-order valence-corrected chi connectivity index (χ1v) is 14.3. The number of carbonyl (C=O) groups is 1. The van der Waals surface area contributed by atoms with Gasteiger partial charge in [-0.05, 0) is 53.1 Å². The van der Waals surface area contributed by atoms with E-state index in [1.807, 2.05) is 36.4 Å². The minimum absolute atomic E-state index is 0.0477. The monoisotopic (exact) mass is 546 g/mol. The van der Waals surface area contributed by atoms with E-state index in [0.29, 0.717) is 41.9 Å². The molecule has 3 aromatic rings. The van der Waals surface area contributed by atoms with Crippen molar-refractivity contribution in [2.75, 3.05) is 19.0 Å². The lowest BCUT2D eigenvalue weighted by atomic mass is 9.86. The molecule has 0 aromatic heterocycles. The first kappa shape index (κ1) is 26.7. The van der Waals surface area contributed by atoms with Crippen LogP contribution in [0, 0.1) is 0 Å². The number of carbonyl (C=O) groups excluding carboxylic acids is 1. The summed E-state index contributed by atoms with van der Waals surface area (Å²) in [7, 11) is -3.25. The Morgan fingerprint density at radius 2 is 1.47 bits per heavy atom. The van der Waals surface area contributed by atoms with Crippen LogP contribution in [-0.2, 0) is 37.8 Å². The molecule has 36 heavy (non-hydrogen) atoms. The third-order valence-corrected chi connectivity index (χ3v) is 8.94. The number of rotatable bonds is 9. The van der Waals surface area contributed by atoms with E-state index in [1.165, 1.54) is 0 Å². The molecule has 4 rings (SSSR count). The van der Waals surface area contributed by atoms with Crippen LogP contribution >= 0.6 is 23.2 Å². The number of sulfone groups is 1. The summed E-state index contributed by atoms with van der Waals surface area (Å²) in [5.74, 6) is 0.797. The van der Waals surface area contributed by atoms with Crippen molar-refractivity contribution in [2.24, 2.45) is 0 Å². The second-order valence-corrected chi connectivity index (χ2v) is 12.0. The van der Waals surface area contributed by atoms with Gasteiger partial charge in [-0.1, -0.05) is 60.5 Å². The van der Waals surface area contributed by atoms with E-state index in [0.717, 1.165) is 16.7 Å². The highest BCUT2D eigenvalue weighted by molar-refractivity contribution is 7.91. The summed E-state index contributed by atoms with van der Waals surface area (Å²) >= 11 is 12.4. The molecule has 1 saturated heterocycles. The van der Waals surface area contributed by atoms with Crippen molar-refractivity contribution in [1.29, 1.82) is 0 Å². The summed E-state index contributed by atoms with van der Waals surface area (Å²) in [6.45, 7) is 2.77. The van der Waals surface area contributed by atoms with Crippen molar-refractivity contribution in [2.45, 2.75) is 43.1 Å². The Balaban J connectivity index is 1.42. The largest absolute Gasteiger partial charge is 0.482 e. The van der Waals surface area contributed by atoms with E-state index in [-0.39, 0.29) is 29.3 Å². The second-order valence-electron chi connectivity index (χ2n) is 8.92. The number of benzene rings is 3. The van der Waals surface area contributed by atoms with Gasteiger partial charge in [-0.2, -0.15) is 0 Å². The Labute approximate surface area is 222 Å². The summed E-state index contributed by atoms with van der Waals surface area (Å²) in [5.41, 5.74) is 2.06. The molecule has 0 bridgehead atoms. The quantitative estimate of drug-likeness (QED) is 0.318. The number of ketones is 1. The summed E-state index contributed by atoms with van der Waals surface area (Å²) in [5, 5.41) is 0.984. The van der Waals surface area contributed by atoms with Crippen LogP contribution in [0.25, 0.3) is 0 Å². The van der Waals surface area contributed by atoms with Crippen molar-refractivity contribution >= 4 is 38.8 Å². The Kier molecular flexibility index (Phi) is 8.41. The molecule has 0 atom stereocenters. The number of hydrogen-bond acceptors (Lipinski definition) is 5. The number of halogens is 2. The topological polar surface area (TPSA) is 69.7 Å². The molecule has 0 saturated carbocycles. The highest BCUT2D eigenvalue weighted by Gasteiger charge is 2.37. The average molecular weight is 548 g/mol. The Bertz CT molecular complexity index is 1310. The van der Waals surface area contributed by atoms with Crippen LogP contribution in [0.5, 0.6) is 5.75 Å². The van der Waals surface area contributed by atoms with Gasteiger partial charge >= 0.3 is 0 Å². The normalized spacial score (nSPS) is 15.4. The molecule has 1 fully saturated rings. The van der Waals surface area contributed by atoms with Crippen molar-refractivity contribution in [3.63, 3.8) is 0 Å². The predicted octanol–water partition coefficient (Wildman–Crippen LogP) is 6.23. The van der Waals surface area contributed by atoms with Crippen LogP contribution < -0.4 is 4.74 Å². The van der Waals surface area contributed by atoms with Gasteiger partial charge in [0.05, 0.1) is 33.9 Å². The highest BCUT2D eigenvalue weighted by Crippen LogP contribution is 2.39. The molecular formula is C28H28Cl2O5S. The van der Waals surface area contributed by atoms with Crippen molar-refractivity contribution in [1.82, 2.24) is 0 Å². The fourth-order valence-corrected chi connectivity index (χ4v) is 5.51. The van der Waals surface area contributed by atoms with E-state index in [2.05, 4.69) is 0 Å². The van der Waals surface area contributed by atoms with Gasteiger partial charge in [0.15, 0.2) is 9.84 Å². The minimum Gasteiger partial charge on any atom is -0.482 e. The van der Waals surface area contributed by atoms with E-state index < -0.39 is 15.4 Å². The molecule has 0 radical (unpaired) electrons. The van der Waals surface area contributed by atoms with E-state index in [9.17, 15) is 13.2 Å². The molecule has 1 aliphatic rings. The molecule has 190 valence electrons. The molecule has 0 amide bonds. The van der Waals surface area contributed by atoms with Crippen molar-refractivity contribution < 1.29 is 22.7 Å². The van der Waals surface area contributed by atoms with Crippen LogP contribution in [0.1, 0.15) is 36.5 Å². The first-order chi connectivity index (χ1) is 17.2. The smallest absolute Gasteiger partial charge is 0.178 e. The zero-order valence-corrected chi connectivity index (χ0v) is 22.3. The fourth-order valence-electron chi connectivity index (χ4n) is 4.33. The number of Topliss-reactive ketones (excluding diaryl/α,β-unsaturated/α-hetero) is 1. The standard InChI is InChI=1S/C28H28Cl2O5S/c1-2-36(32,33)25-10-5-21(6-11-25)18-23(31)17-20-3-8-24(9-4-20)35-28(13-15-34-16-14-28)22-7-12-26(29)27(30)19-22/h3-12,19H,2,13-18H2,1H3. The van der Waals surface area contributed by atoms with Gasteiger partial charge in [-0.15, -0.1) is 0 Å². The van der Waals surface area contributed by atoms with Gasteiger partial charge in [0, 0.05) is 25.7 Å². The van der Waals surface area contributed by atoms with Crippen LogP contribution in [0.3, 0.4) is 0 Å². The summed E-state index contributed by atoms with van der Waals surface area (Å²) in [6, 6.07) is 19.7. The second kappa shape index (κ2) is 11.3. The molecular weight excluding hydrogens is 519 g/mol. The molecule has 3 aromatic carbocycles. The molecule has 0 unspecified atom stereocenters. The minimum atomic E-state index is -3.25. The average Bonchev–Trinajstić information content (AvgIpc) is 2.87. The maximum Gasteiger partial charge on any atom is 0.178 e. The zero-order chi connectivity index (χ0) is 25.8. The highest BCUT2D eigenvalue weighted by atomic mass is 35.5. The van der Waals surface area contributed by atoms with E-state index >= 15 is 0 Å². The van der Waals surface area contributed by atoms with Gasteiger partial charge < -0.3 is 9.47 Å². The van der Waals surface area contributed by atoms with Gasteiger partial charge in [0.2, 0.25) is 0 Å². The maximum atomic E-state index is 12.6. The molecule has 5 nitrogen and oxygen atoms in total. The SMILES string of the molecule is CCS(=O)(=O)c1ccc(CC(=O)Cc2ccc(OC3(c4ccc(Cl)c(Cl)c4)CCOCC3)cc2)cc1. The Hall–Kier alpha value is -2.38. The van der Waals surface area contributed by atoms with E-state index in [4.69, 9.17) is 32.7 Å². The predicted molar refractivity (Wildman–Crippen MR) is 142 cm³/mol. The lowest BCUT2D eigenvalue weighted by Gasteiger charge is -2.38. The van der Waals surface area contributed by atoms with Gasteiger partial charge in [-0.25, -0.2) is 8.42 Å². The first-order valence-electron chi connectivity index (χ1n) is 11.9.